The molecular formula is C14H20O2. The van der Waals surface area contributed by atoms with Gasteiger partial charge in [-0.1, -0.05) is 41.5 Å². The average molecular weight is 220 g/mol. The number of rotatable bonds is 0. The van der Waals surface area contributed by atoms with E-state index in [-0.39, 0.29) is 22.4 Å². The van der Waals surface area contributed by atoms with Crippen LogP contribution in [0.15, 0.2) is 23.3 Å². The number of carbonyl (C=O) groups excluding carboxylic acids is 2. The first-order valence-electron chi connectivity index (χ1n) is 5.57. The second-order valence-electron chi connectivity index (χ2n) is 6.31. The van der Waals surface area contributed by atoms with Gasteiger partial charge in [0.15, 0.2) is 11.6 Å². The van der Waals surface area contributed by atoms with E-state index >= 15 is 0 Å². The summed E-state index contributed by atoms with van der Waals surface area (Å²) in [6.07, 6.45) is 2.77. The van der Waals surface area contributed by atoms with Gasteiger partial charge in [0.1, 0.15) is 0 Å². The van der Waals surface area contributed by atoms with Crippen LogP contribution < -0.4 is 0 Å². The molecule has 0 spiro atoms. The summed E-state index contributed by atoms with van der Waals surface area (Å²) >= 11 is 0. The molecule has 88 valence electrons. The molecule has 1 aliphatic carbocycles. The second kappa shape index (κ2) is 3.69. The predicted octanol–water partition coefficient (Wildman–Crippen LogP) is 3.08. The van der Waals surface area contributed by atoms with Crippen LogP contribution in [-0.4, -0.2) is 11.6 Å². The molecule has 0 aliphatic heterocycles. The maximum absolute atomic E-state index is 11.9. The van der Waals surface area contributed by atoms with E-state index in [2.05, 4.69) is 0 Å². The van der Waals surface area contributed by atoms with Gasteiger partial charge in [-0.05, 0) is 23.0 Å². The SMILES string of the molecule is CC(C)(C)C1=C(C(C)(C)C)C(=O)C=CC1=O. The number of hydrogen-bond acceptors (Lipinski definition) is 2. The second-order valence-corrected chi connectivity index (χ2v) is 6.31. The molecule has 0 unspecified atom stereocenters. The number of carbonyl (C=O) groups is 2. The Balaban J connectivity index is 3.51. The van der Waals surface area contributed by atoms with E-state index in [0.717, 1.165) is 0 Å². The van der Waals surface area contributed by atoms with Crippen molar-refractivity contribution in [1.29, 1.82) is 0 Å². The minimum absolute atomic E-state index is 0.0305. The standard InChI is InChI=1S/C14H20O2/c1-13(2,3)11-9(15)7-8-10(16)12(11)14(4,5)6/h7-8H,1-6H3. The molecule has 1 aliphatic rings. The van der Waals surface area contributed by atoms with Crippen LogP contribution in [0.3, 0.4) is 0 Å². The van der Waals surface area contributed by atoms with E-state index < -0.39 is 0 Å². The van der Waals surface area contributed by atoms with Gasteiger partial charge in [-0.2, -0.15) is 0 Å². The van der Waals surface area contributed by atoms with Crippen LogP contribution in [-0.2, 0) is 9.59 Å². The highest BCUT2D eigenvalue weighted by molar-refractivity contribution is 6.21. The quantitative estimate of drug-likeness (QED) is 0.588. The van der Waals surface area contributed by atoms with Gasteiger partial charge in [0.2, 0.25) is 0 Å². The molecule has 0 aromatic heterocycles. The highest BCUT2D eigenvalue weighted by atomic mass is 16.1. The molecule has 0 aromatic carbocycles. The molecule has 0 aromatic rings. The van der Waals surface area contributed by atoms with Crippen LogP contribution in [0.1, 0.15) is 41.5 Å². The lowest BCUT2D eigenvalue weighted by Crippen LogP contribution is -2.30. The van der Waals surface area contributed by atoms with E-state index in [1.807, 2.05) is 41.5 Å². The normalized spacial score (nSPS) is 18.4. The molecule has 2 heteroatoms. The highest BCUT2D eigenvalue weighted by Crippen LogP contribution is 2.39. The molecule has 0 N–H and O–H groups in total. The number of hydrogen-bond donors (Lipinski definition) is 0. The van der Waals surface area contributed by atoms with Crippen LogP contribution in [0.25, 0.3) is 0 Å². The summed E-state index contributed by atoms with van der Waals surface area (Å²) in [6, 6.07) is 0. The van der Waals surface area contributed by atoms with Crippen molar-refractivity contribution < 1.29 is 9.59 Å². The largest absolute Gasteiger partial charge is 0.290 e. The Hall–Kier alpha value is -1.18. The van der Waals surface area contributed by atoms with Gasteiger partial charge < -0.3 is 0 Å². The van der Waals surface area contributed by atoms with Gasteiger partial charge in [0.25, 0.3) is 0 Å². The Labute approximate surface area is 97.4 Å². The minimum atomic E-state index is -0.292. The van der Waals surface area contributed by atoms with Gasteiger partial charge in [0.05, 0.1) is 0 Å². The van der Waals surface area contributed by atoms with Crippen molar-refractivity contribution in [2.24, 2.45) is 10.8 Å². The molecule has 0 atom stereocenters. The fourth-order valence-corrected chi connectivity index (χ4v) is 2.05. The molecule has 0 saturated carbocycles. The molecule has 0 bridgehead atoms. The topological polar surface area (TPSA) is 34.1 Å². The molecule has 0 heterocycles. The monoisotopic (exact) mass is 220 g/mol. The average Bonchev–Trinajstić information content (AvgIpc) is 2.04. The van der Waals surface area contributed by atoms with Gasteiger partial charge >= 0.3 is 0 Å². The molecular weight excluding hydrogens is 200 g/mol. The first-order valence-corrected chi connectivity index (χ1v) is 5.57. The van der Waals surface area contributed by atoms with Crippen molar-refractivity contribution in [1.82, 2.24) is 0 Å². The van der Waals surface area contributed by atoms with Crippen LogP contribution in [0.2, 0.25) is 0 Å². The molecule has 0 radical (unpaired) electrons. The molecule has 1 rings (SSSR count). The van der Waals surface area contributed by atoms with E-state index in [1.54, 1.807) is 0 Å². The summed E-state index contributed by atoms with van der Waals surface area (Å²) in [6.45, 7) is 11.8. The minimum Gasteiger partial charge on any atom is -0.290 e. The summed E-state index contributed by atoms with van der Waals surface area (Å²) in [7, 11) is 0. The lowest BCUT2D eigenvalue weighted by atomic mass is 9.70. The van der Waals surface area contributed by atoms with Crippen molar-refractivity contribution in [3.8, 4) is 0 Å². The van der Waals surface area contributed by atoms with Gasteiger partial charge in [-0.25, -0.2) is 0 Å². The van der Waals surface area contributed by atoms with Crippen molar-refractivity contribution in [3.05, 3.63) is 23.3 Å². The maximum atomic E-state index is 11.9. The van der Waals surface area contributed by atoms with Crippen LogP contribution in [0.4, 0.5) is 0 Å². The summed E-state index contributed by atoms with van der Waals surface area (Å²) in [5, 5.41) is 0. The smallest absolute Gasteiger partial charge is 0.182 e. The molecule has 2 nitrogen and oxygen atoms in total. The van der Waals surface area contributed by atoms with Gasteiger partial charge in [-0.15, -0.1) is 0 Å². The van der Waals surface area contributed by atoms with Crippen molar-refractivity contribution in [2.75, 3.05) is 0 Å². The Morgan fingerprint density at radius 2 is 0.938 bits per heavy atom. The first kappa shape index (κ1) is 12.9. The Morgan fingerprint density at radius 3 is 1.12 bits per heavy atom. The number of allylic oxidation sites excluding steroid dienone is 4. The fourth-order valence-electron chi connectivity index (χ4n) is 2.05. The summed E-state index contributed by atoms with van der Waals surface area (Å²) in [4.78, 5) is 23.9. The Kier molecular flexibility index (Phi) is 2.97. The molecule has 16 heavy (non-hydrogen) atoms. The zero-order valence-electron chi connectivity index (χ0n) is 11.0. The molecule has 0 fully saturated rings. The van der Waals surface area contributed by atoms with Crippen molar-refractivity contribution in [2.45, 2.75) is 41.5 Å². The van der Waals surface area contributed by atoms with E-state index in [0.29, 0.717) is 11.1 Å². The third-order valence-electron chi connectivity index (χ3n) is 2.63. The summed E-state index contributed by atoms with van der Waals surface area (Å²) in [5.74, 6) is -0.0611. The third-order valence-corrected chi connectivity index (χ3v) is 2.63. The van der Waals surface area contributed by atoms with E-state index in [9.17, 15) is 9.59 Å². The Morgan fingerprint density at radius 1 is 0.688 bits per heavy atom. The van der Waals surface area contributed by atoms with Crippen LogP contribution in [0.5, 0.6) is 0 Å². The van der Waals surface area contributed by atoms with Crippen molar-refractivity contribution >= 4 is 11.6 Å². The van der Waals surface area contributed by atoms with E-state index in [4.69, 9.17) is 0 Å². The van der Waals surface area contributed by atoms with Crippen molar-refractivity contribution in [3.63, 3.8) is 0 Å². The highest BCUT2D eigenvalue weighted by Gasteiger charge is 2.36. The van der Waals surface area contributed by atoms with Crippen LogP contribution >= 0.6 is 0 Å². The Bertz CT molecular complexity index is 357. The first-order chi connectivity index (χ1) is 7.05. The van der Waals surface area contributed by atoms with E-state index in [1.165, 1.54) is 12.2 Å². The maximum Gasteiger partial charge on any atom is 0.182 e. The predicted molar refractivity (Wildman–Crippen MR) is 65.1 cm³/mol. The fraction of sp³-hybridized carbons (Fsp3) is 0.571. The van der Waals surface area contributed by atoms with Gasteiger partial charge in [0, 0.05) is 11.1 Å². The van der Waals surface area contributed by atoms with Crippen LogP contribution in [0, 0.1) is 10.8 Å². The third kappa shape index (κ3) is 2.31. The van der Waals surface area contributed by atoms with Gasteiger partial charge in [-0.3, -0.25) is 9.59 Å². The molecule has 0 saturated heterocycles. The lowest BCUT2D eigenvalue weighted by molar-refractivity contribution is -0.116. The zero-order chi connectivity index (χ0) is 12.7. The lowest BCUT2D eigenvalue weighted by Gasteiger charge is -2.32. The number of ketones is 2. The summed E-state index contributed by atoms with van der Waals surface area (Å²) in [5.41, 5.74) is 0.736. The summed E-state index contributed by atoms with van der Waals surface area (Å²) < 4.78 is 0. The molecule has 0 amide bonds. The zero-order valence-corrected chi connectivity index (χ0v) is 11.0.